The average molecular weight is 498 g/mol. The van der Waals surface area contributed by atoms with Gasteiger partial charge >= 0.3 is 0 Å². The van der Waals surface area contributed by atoms with Crippen molar-refractivity contribution in [1.29, 1.82) is 0 Å². The van der Waals surface area contributed by atoms with Gasteiger partial charge in [-0.05, 0) is 55.5 Å². The molecule has 8 nitrogen and oxygen atoms in total. The van der Waals surface area contributed by atoms with Gasteiger partial charge in [0.1, 0.15) is 6.04 Å². The van der Waals surface area contributed by atoms with E-state index < -0.39 is 17.9 Å². The van der Waals surface area contributed by atoms with Crippen LogP contribution in [0.5, 0.6) is 0 Å². The summed E-state index contributed by atoms with van der Waals surface area (Å²) in [5, 5.41) is 12.2. The second-order valence-electron chi connectivity index (χ2n) is 9.23. The number of carbonyl (C=O) groups is 3. The van der Waals surface area contributed by atoms with Crippen LogP contribution in [0.15, 0.2) is 24.3 Å². The third kappa shape index (κ3) is 4.80. The highest BCUT2D eigenvalue weighted by Gasteiger charge is 2.30. The second kappa shape index (κ2) is 9.77. The van der Waals surface area contributed by atoms with Crippen molar-refractivity contribution in [3.8, 4) is 0 Å². The van der Waals surface area contributed by atoms with Crippen molar-refractivity contribution in [3.63, 3.8) is 0 Å². The topological polar surface area (TPSA) is 107 Å². The number of carbonyl (C=O) groups excluding carboxylic acids is 3. The molecule has 5 rings (SSSR count). The van der Waals surface area contributed by atoms with Gasteiger partial charge < -0.3 is 15.5 Å². The summed E-state index contributed by atoms with van der Waals surface area (Å²) in [4.78, 5) is 42.3. The van der Waals surface area contributed by atoms with Crippen LogP contribution < -0.4 is 10.6 Å². The molecule has 1 aromatic carbocycles. The largest absolute Gasteiger partial charge is 0.349 e. The first-order valence-electron chi connectivity index (χ1n) is 12.1. The van der Waals surface area contributed by atoms with Crippen molar-refractivity contribution in [2.75, 3.05) is 6.54 Å². The summed E-state index contributed by atoms with van der Waals surface area (Å²) in [5.41, 5.74) is 1.76. The molecular weight excluding hydrogens is 469 g/mol. The van der Waals surface area contributed by atoms with Gasteiger partial charge in [-0.3, -0.25) is 19.5 Å². The van der Waals surface area contributed by atoms with Crippen molar-refractivity contribution in [1.82, 2.24) is 25.7 Å². The predicted octanol–water partition coefficient (Wildman–Crippen LogP) is 3.53. The summed E-state index contributed by atoms with van der Waals surface area (Å²) < 4.78 is 13.8. The number of H-pyrrole nitrogens is 1. The van der Waals surface area contributed by atoms with Gasteiger partial charge in [0.05, 0.1) is 15.8 Å². The molecule has 1 aliphatic heterocycles. The minimum absolute atomic E-state index is 0.0288. The second-order valence-corrected chi connectivity index (χ2v) is 10.4. The minimum Gasteiger partial charge on any atom is -0.349 e. The highest BCUT2D eigenvalue weighted by Crippen LogP contribution is 2.29. The smallest absolute Gasteiger partial charge is 0.261 e. The molecule has 2 aromatic heterocycles. The molecular formula is C25H28FN5O3S. The molecule has 1 aliphatic carbocycles. The van der Waals surface area contributed by atoms with E-state index >= 15 is 0 Å². The van der Waals surface area contributed by atoms with Gasteiger partial charge in [0, 0.05) is 29.6 Å². The van der Waals surface area contributed by atoms with Crippen LogP contribution >= 0.6 is 11.3 Å². The Hall–Kier alpha value is -3.27. The SMILES string of the molecule is CC[C@@H](NC(=O)c1ccc2[nH]nc(F)c2c1)C(=O)N1CCc2sc(C(=O)NC3CCCC3)cc2C1. The Morgan fingerprint density at radius 3 is 2.80 bits per heavy atom. The predicted molar refractivity (Wildman–Crippen MR) is 131 cm³/mol. The van der Waals surface area contributed by atoms with E-state index in [-0.39, 0.29) is 28.8 Å². The molecule has 3 heterocycles. The van der Waals surface area contributed by atoms with Crippen molar-refractivity contribution in [2.45, 2.75) is 64.1 Å². The number of aromatic nitrogens is 2. The highest BCUT2D eigenvalue weighted by molar-refractivity contribution is 7.14. The number of halogens is 1. The average Bonchev–Trinajstić information content (AvgIpc) is 3.61. The minimum atomic E-state index is -0.697. The Labute approximate surface area is 206 Å². The molecule has 0 saturated heterocycles. The summed E-state index contributed by atoms with van der Waals surface area (Å²) >= 11 is 1.51. The summed E-state index contributed by atoms with van der Waals surface area (Å²) in [5.74, 6) is -1.30. The first-order chi connectivity index (χ1) is 16.9. The summed E-state index contributed by atoms with van der Waals surface area (Å²) in [6.07, 6.45) is 5.50. The van der Waals surface area contributed by atoms with Crippen molar-refractivity contribution >= 4 is 40.0 Å². The van der Waals surface area contributed by atoms with Gasteiger partial charge in [-0.15, -0.1) is 16.4 Å². The Morgan fingerprint density at radius 1 is 1.23 bits per heavy atom. The third-order valence-corrected chi connectivity index (χ3v) is 8.12. The van der Waals surface area contributed by atoms with E-state index in [9.17, 15) is 18.8 Å². The molecule has 3 aromatic rings. The van der Waals surface area contributed by atoms with Crippen molar-refractivity contribution < 1.29 is 18.8 Å². The number of fused-ring (bicyclic) bond motifs is 2. The van der Waals surface area contributed by atoms with Crippen LogP contribution in [0, 0.1) is 5.95 Å². The Morgan fingerprint density at radius 2 is 2.03 bits per heavy atom. The van der Waals surface area contributed by atoms with E-state index in [1.54, 1.807) is 17.0 Å². The fourth-order valence-corrected chi connectivity index (χ4v) is 5.95. The van der Waals surface area contributed by atoms with Crippen LogP contribution in [0.25, 0.3) is 10.9 Å². The summed E-state index contributed by atoms with van der Waals surface area (Å²) in [7, 11) is 0. The van der Waals surface area contributed by atoms with Crippen LogP contribution in [0.3, 0.4) is 0 Å². The molecule has 0 spiro atoms. The number of hydrogen-bond donors (Lipinski definition) is 3. The van der Waals surface area contributed by atoms with E-state index in [1.165, 1.54) is 17.4 Å². The molecule has 2 aliphatic rings. The number of hydrogen-bond acceptors (Lipinski definition) is 5. The van der Waals surface area contributed by atoms with Gasteiger partial charge in [-0.1, -0.05) is 19.8 Å². The quantitative estimate of drug-likeness (QED) is 0.484. The van der Waals surface area contributed by atoms with Crippen LogP contribution in [0.2, 0.25) is 0 Å². The van der Waals surface area contributed by atoms with E-state index in [2.05, 4.69) is 20.8 Å². The van der Waals surface area contributed by atoms with Gasteiger partial charge in [0.25, 0.3) is 11.8 Å². The number of rotatable bonds is 6. The maximum atomic E-state index is 13.8. The number of aromatic amines is 1. The van der Waals surface area contributed by atoms with Crippen molar-refractivity contribution in [2.24, 2.45) is 0 Å². The molecule has 10 heteroatoms. The number of amides is 3. The number of nitrogens with one attached hydrogen (secondary N) is 3. The lowest BCUT2D eigenvalue weighted by atomic mass is 10.1. The molecule has 3 amide bonds. The fourth-order valence-electron chi connectivity index (χ4n) is 4.88. The molecule has 0 unspecified atom stereocenters. The normalized spacial score (nSPS) is 16.8. The Balaban J connectivity index is 1.24. The van der Waals surface area contributed by atoms with Crippen molar-refractivity contribution in [3.05, 3.63) is 51.1 Å². The molecule has 35 heavy (non-hydrogen) atoms. The van der Waals surface area contributed by atoms with Gasteiger partial charge in [-0.25, -0.2) is 0 Å². The Bertz CT molecular complexity index is 1280. The molecule has 0 radical (unpaired) electrons. The molecule has 1 fully saturated rings. The van der Waals surface area contributed by atoms with E-state index in [0.29, 0.717) is 36.3 Å². The molecule has 184 valence electrons. The molecule has 0 bridgehead atoms. The number of benzene rings is 1. The lowest BCUT2D eigenvalue weighted by Gasteiger charge is -2.30. The zero-order chi connectivity index (χ0) is 24.5. The van der Waals surface area contributed by atoms with Crippen LogP contribution in [0.4, 0.5) is 4.39 Å². The lowest BCUT2D eigenvalue weighted by molar-refractivity contribution is -0.134. The summed E-state index contributed by atoms with van der Waals surface area (Å²) in [6.45, 7) is 2.79. The van der Waals surface area contributed by atoms with Gasteiger partial charge in [0.15, 0.2) is 0 Å². The first-order valence-corrected chi connectivity index (χ1v) is 12.9. The Kier molecular flexibility index (Phi) is 6.55. The maximum Gasteiger partial charge on any atom is 0.261 e. The van der Waals surface area contributed by atoms with Crippen LogP contribution in [0.1, 0.15) is 69.5 Å². The molecule has 1 saturated carbocycles. The number of thiophene rings is 1. The van der Waals surface area contributed by atoms with E-state index in [4.69, 9.17) is 0 Å². The van der Waals surface area contributed by atoms with Gasteiger partial charge in [-0.2, -0.15) is 4.39 Å². The molecule has 3 N–H and O–H groups in total. The summed E-state index contributed by atoms with van der Waals surface area (Å²) in [6, 6.07) is 6.06. The standard InChI is InChI=1S/C25H28FN5O3S/c1-2-18(28-23(32)14-7-8-19-17(11-14)22(26)30-29-19)25(34)31-10-9-20-15(13-31)12-21(35-20)24(33)27-16-5-3-4-6-16/h7-8,11-12,16,18H,2-6,9-10,13H2,1H3,(H,27,33)(H,28,32)(H,29,30)/t18-/m1/s1. The number of nitrogens with zero attached hydrogens (tertiary/aromatic N) is 2. The zero-order valence-electron chi connectivity index (χ0n) is 19.5. The first kappa shape index (κ1) is 23.5. The van der Waals surface area contributed by atoms with Gasteiger partial charge in [0.2, 0.25) is 11.9 Å². The fraction of sp³-hybridized carbons (Fsp3) is 0.440. The maximum absolute atomic E-state index is 13.8. The third-order valence-electron chi connectivity index (χ3n) is 6.88. The zero-order valence-corrected chi connectivity index (χ0v) is 20.3. The van der Waals surface area contributed by atoms with Crippen LogP contribution in [-0.4, -0.2) is 51.4 Å². The van der Waals surface area contributed by atoms with E-state index in [1.807, 2.05) is 13.0 Å². The lowest BCUT2D eigenvalue weighted by Crippen LogP contribution is -2.49. The van der Waals surface area contributed by atoms with E-state index in [0.717, 1.165) is 36.1 Å². The monoisotopic (exact) mass is 497 g/mol. The molecule has 1 atom stereocenters. The highest BCUT2D eigenvalue weighted by atomic mass is 32.1. The van der Waals surface area contributed by atoms with Crippen LogP contribution in [-0.2, 0) is 17.8 Å².